The number of nitrogens with zero attached hydrogens (tertiary/aromatic N) is 1. The van der Waals surface area contributed by atoms with Crippen LogP contribution in [0.2, 0.25) is 0 Å². The minimum Gasteiger partial charge on any atom is -0.312 e. The Morgan fingerprint density at radius 2 is 2.22 bits per heavy atom. The minimum absolute atomic E-state index is 0.161. The van der Waals surface area contributed by atoms with Gasteiger partial charge in [0.25, 0.3) is 0 Å². The van der Waals surface area contributed by atoms with E-state index >= 15 is 0 Å². The molecular formula is C14H20F2N2. The fourth-order valence-electron chi connectivity index (χ4n) is 2.59. The number of hydrogen-bond acceptors (Lipinski definition) is 2. The Kier molecular flexibility index (Phi) is 4.30. The maximum Gasteiger partial charge on any atom is 0.163 e. The Bertz CT molecular complexity index is 409. The van der Waals surface area contributed by atoms with Crippen LogP contribution in [0.1, 0.15) is 24.9 Å². The lowest BCUT2D eigenvalue weighted by Gasteiger charge is -2.24. The standard InChI is InChI=1S/C14H20F2N2/c1-10-6-7-18(8-10)9-13(17-2)11-4-3-5-12(15)14(11)16/h3-5,10,13,17H,6-9H2,1-2H3. The van der Waals surface area contributed by atoms with Gasteiger partial charge in [-0.25, -0.2) is 8.78 Å². The summed E-state index contributed by atoms with van der Waals surface area (Å²) < 4.78 is 27.0. The average Bonchev–Trinajstić information content (AvgIpc) is 2.76. The number of benzene rings is 1. The molecule has 1 heterocycles. The predicted molar refractivity (Wildman–Crippen MR) is 68.4 cm³/mol. The molecule has 2 unspecified atom stereocenters. The van der Waals surface area contributed by atoms with Crippen molar-refractivity contribution < 1.29 is 8.78 Å². The third-order valence-electron chi connectivity index (χ3n) is 3.65. The Morgan fingerprint density at radius 3 is 2.83 bits per heavy atom. The van der Waals surface area contributed by atoms with Crippen LogP contribution in [0.15, 0.2) is 18.2 Å². The third-order valence-corrected chi connectivity index (χ3v) is 3.65. The average molecular weight is 254 g/mol. The molecule has 1 aromatic rings. The fourth-order valence-corrected chi connectivity index (χ4v) is 2.59. The molecule has 1 N–H and O–H groups in total. The zero-order chi connectivity index (χ0) is 13.1. The smallest absolute Gasteiger partial charge is 0.163 e. The lowest BCUT2D eigenvalue weighted by Crippen LogP contribution is -2.33. The van der Waals surface area contributed by atoms with E-state index in [0.29, 0.717) is 11.5 Å². The molecule has 2 nitrogen and oxygen atoms in total. The minimum atomic E-state index is -0.775. The summed E-state index contributed by atoms with van der Waals surface area (Å²) in [4.78, 5) is 2.30. The second kappa shape index (κ2) is 5.76. The molecule has 1 saturated heterocycles. The zero-order valence-corrected chi connectivity index (χ0v) is 10.9. The van der Waals surface area contributed by atoms with E-state index in [1.165, 1.54) is 6.42 Å². The van der Waals surface area contributed by atoms with E-state index in [9.17, 15) is 8.78 Å². The van der Waals surface area contributed by atoms with Crippen LogP contribution in [-0.4, -0.2) is 31.6 Å². The van der Waals surface area contributed by atoms with E-state index in [2.05, 4.69) is 17.1 Å². The summed E-state index contributed by atoms with van der Waals surface area (Å²) in [6.45, 7) is 5.02. The molecule has 0 saturated carbocycles. The van der Waals surface area contributed by atoms with Gasteiger partial charge in [-0.3, -0.25) is 0 Å². The van der Waals surface area contributed by atoms with E-state index in [-0.39, 0.29) is 6.04 Å². The van der Waals surface area contributed by atoms with Crippen molar-refractivity contribution in [2.75, 3.05) is 26.7 Å². The summed E-state index contributed by atoms with van der Waals surface area (Å²) in [6, 6.07) is 4.21. The molecule has 0 spiro atoms. The van der Waals surface area contributed by atoms with Crippen LogP contribution in [-0.2, 0) is 0 Å². The van der Waals surface area contributed by atoms with Crippen LogP contribution in [0.4, 0.5) is 8.78 Å². The van der Waals surface area contributed by atoms with E-state index < -0.39 is 11.6 Å². The Balaban J connectivity index is 2.10. The molecule has 1 fully saturated rings. The first kappa shape index (κ1) is 13.4. The van der Waals surface area contributed by atoms with Gasteiger partial charge in [-0.1, -0.05) is 19.1 Å². The summed E-state index contributed by atoms with van der Waals surface area (Å²) in [6.07, 6.45) is 1.18. The van der Waals surface area contributed by atoms with Crippen molar-refractivity contribution in [1.82, 2.24) is 10.2 Å². The molecular weight excluding hydrogens is 234 g/mol. The van der Waals surface area contributed by atoms with Crippen LogP contribution < -0.4 is 5.32 Å². The van der Waals surface area contributed by atoms with Gasteiger partial charge in [0.2, 0.25) is 0 Å². The zero-order valence-electron chi connectivity index (χ0n) is 10.9. The highest BCUT2D eigenvalue weighted by atomic mass is 19.2. The van der Waals surface area contributed by atoms with Crippen molar-refractivity contribution in [1.29, 1.82) is 0 Å². The highest BCUT2D eigenvalue weighted by Crippen LogP contribution is 2.23. The van der Waals surface area contributed by atoms with E-state index in [4.69, 9.17) is 0 Å². The fraction of sp³-hybridized carbons (Fsp3) is 0.571. The van der Waals surface area contributed by atoms with E-state index in [0.717, 1.165) is 25.7 Å². The Labute approximate surface area is 107 Å². The summed E-state index contributed by atoms with van der Waals surface area (Å²) in [7, 11) is 1.79. The molecule has 0 aromatic heterocycles. The molecule has 0 aliphatic carbocycles. The van der Waals surface area contributed by atoms with Gasteiger partial charge in [0.05, 0.1) is 0 Å². The topological polar surface area (TPSA) is 15.3 Å². The number of rotatable bonds is 4. The van der Waals surface area contributed by atoms with Crippen LogP contribution >= 0.6 is 0 Å². The van der Waals surface area contributed by atoms with Crippen LogP contribution in [0.5, 0.6) is 0 Å². The van der Waals surface area contributed by atoms with E-state index in [1.54, 1.807) is 19.2 Å². The van der Waals surface area contributed by atoms with Gasteiger partial charge in [-0.15, -0.1) is 0 Å². The number of nitrogens with one attached hydrogen (secondary N) is 1. The molecule has 1 aliphatic heterocycles. The summed E-state index contributed by atoms with van der Waals surface area (Å²) in [5.41, 5.74) is 0.414. The molecule has 1 aliphatic rings. The van der Waals surface area contributed by atoms with Gasteiger partial charge in [-0.05, 0) is 32.0 Å². The van der Waals surface area contributed by atoms with Crippen LogP contribution in [0, 0.1) is 17.6 Å². The normalized spacial score (nSPS) is 22.3. The molecule has 0 radical (unpaired) electrons. The molecule has 100 valence electrons. The summed E-state index contributed by atoms with van der Waals surface area (Å²) in [5.74, 6) is -0.813. The second-order valence-corrected chi connectivity index (χ2v) is 5.14. The molecule has 2 atom stereocenters. The van der Waals surface area contributed by atoms with Gasteiger partial charge in [0, 0.05) is 24.7 Å². The first-order valence-electron chi connectivity index (χ1n) is 6.45. The first-order chi connectivity index (χ1) is 8.61. The van der Waals surface area contributed by atoms with Crippen molar-refractivity contribution in [2.45, 2.75) is 19.4 Å². The summed E-state index contributed by atoms with van der Waals surface area (Å²) in [5, 5.41) is 3.08. The Morgan fingerprint density at radius 1 is 1.44 bits per heavy atom. The van der Waals surface area contributed by atoms with Crippen molar-refractivity contribution >= 4 is 0 Å². The Hall–Kier alpha value is -1.00. The first-order valence-corrected chi connectivity index (χ1v) is 6.45. The highest BCUT2D eigenvalue weighted by molar-refractivity contribution is 5.23. The SMILES string of the molecule is CNC(CN1CCC(C)C1)c1cccc(F)c1F. The van der Waals surface area contributed by atoms with E-state index in [1.807, 2.05) is 0 Å². The maximum atomic E-state index is 13.8. The van der Waals surface area contributed by atoms with Crippen molar-refractivity contribution in [2.24, 2.45) is 5.92 Å². The number of halogens is 2. The quantitative estimate of drug-likeness (QED) is 0.888. The molecule has 0 bridgehead atoms. The van der Waals surface area contributed by atoms with Gasteiger partial charge in [0.15, 0.2) is 11.6 Å². The van der Waals surface area contributed by atoms with Gasteiger partial charge < -0.3 is 10.2 Å². The molecule has 1 aromatic carbocycles. The van der Waals surface area contributed by atoms with Crippen LogP contribution in [0.25, 0.3) is 0 Å². The number of likely N-dealkylation sites (tertiary alicyclic amines) is 1. The van der Waals surface area contributed by atoms with Crippen LogP contribution in [0.3, 0.4) is 0 Å². The van der Waals surface area contributed by atoms with Gasteiger partial charge in [0.1, 0.15) is 0 Å². The second-order valence-electron chi connectivity index (χ2n) is 5.14. The molecule has 18 heavy (non-hydrogen) atoms. The van der Waals surface area contributed by atoms with Crippen molar-refractivity contribution in [3.8, 4) is 0 Å². The lowest BCUT2D eigenvalue weighted by atomic mass is 10.1. The number of hydrogen-bond donors (Lipinski definition) is 1. The largest absolute Gasteiger partial charge is 0.312 e. The van der Waals surface area contributed by atoms with Crippen molar-refractivity contribution in [3.05, 3.63) is 35.4 Å². The summed E-state index contributed by atoms with van der Waals surface area (Å²) >= 11 is 0. The third kappa shape index (κ3) is 2.87. The lowest BCUT2D eigenvalue weighted by molar-refractivity contribution is 0.287. The van der Waals surface area contributed by atoms with Gasteiger partial charge in [-0.2, -0.15) is 0 Å². The molecule has 2 rings (SSSR count). The maximum absolute atomic E-state index is 13.8. The predicted octanol–water partition coefficient (Wildman–Crippen LogP) is 2.57. The number of likely N-dealkylation sites (N-methyl/N-ethyl adjacent to an activating group) is 1. The molecule has 0 amide bonds. The highest BCUT2D eigenvalue weighted by Gasteiger charge is 2.24. The van der Waals surface area contributed by atoms with Gasteiger partial charge >= 0.3 is 0 Å². The molecule has 4 heteroatoms. The van der Waals surface area contributed by atoms with Crippen molar-refractivity contribution in [3.63, 3.8) is 0 Å². The monoisotopic (exact) mass is 254 g/mol.